The van der Waals surface area contributed by atoms with Gasteiger partial charge in [-0.1, -0.05) is 6.07 Å². The first kappa shape index (κ1) is 19.2. The van der Waals surface area contributed by atoms with Crippen LogP contribution in [0.2, 0.25) is 0 Å². The van der Waals surface area contributed by atoms with Crippen molar-refractivity contribution in [3.63, 3.8) is 0 Å². The molecule has 2 aliphatic rings. The largest absolute Gasteiger partial charge is 0.494 e. The van der Waals surface area contributed by atoms with Crippen molar-refractivity contribution in [1.29, 1.82) is 5.41 Å². The summed E-state index contributed by atoms with van der Waals surface area (Å²) in [6, 6.07) is 7.56. The molecule has 1 aliphatic heterocycles. The molecule has 1 fully saturated rings. The fraction of sp³-hybridized carbons (Fsp3) is 0.333. The maximum absolute atomic E-state index is 10.2. The topological polar surface area (TPSA) is 134 Å². The first-order chi connectivity index (χ1) is 13.8. The Kier molecular flexibility index (Phi) is 4.68. The number of nitrogens with two attached hydrogens (primary N) is 2. The highest BCUT2D eigenvalue weighted by molar-refractivity contribution is 6.09. The molecule has 2 unspecified atom stereocenters. The molecule has 8 heteroatoms. The van der Waals surface area contributed by atoms with E-state index in [2.05, 4.69) is 15.0 Å². The van der Waals surface area contributed by atoms with Gasteiger partial charge in [-0.05, 0) is 49.9 Å². The van der Waals surface area contributed by atoms with E-state index in [4.69, 9.17) is 15.9 Å². The van der Waals surface area contributed by atoms with Crippen LogP contribution in [0.15, 0.2) is 46.6 Å². The van der Waals surface area contributed by atoms with Gasteiger partial charge in [0.25, 0.3) is 0 Å². The second-order valence-corrected chi connectivity index (χ2v) is 7.93. The highest BCUT2D eigenvalue weighted by atomic mass is 16.5. The molecular weight excluding hydrogens is 368 g/mol. The summed E-state index contributed by atoms with van der Waals surface area (Å²) in [5, 5.41) is 20.4. The molecule has 0 radical (unpaired) electrons. The molecule has 29 heavy (non-hydrogen) atoms. The third-order valence-corrected chi connectivity index (χ3v) is 5.30. The van der Waals surface area contributed by atoms with Crippen LogP contribution in [0.25, 0.3) is 0 Å². The van der Waals surface area contributed by atoms with Crippen LogP contribution in [0, 0.1) is 11.3 Å². The van der Waals surface area contributed by atoms with E-state index in [0.29, 0.717) is 29.1 Å². The number of hydrogen-bond acceptors (Lipinski definition) is 6. The smallest absolute Gasteiger partial charge is 0.303 e. The van der Waals surface area contributed by atoms with Crippen molar-refractivity contribution in [2.75, 3.05) is 7.11 Å². The Bertz CT molecular complexity index is 1040. The van der Waals surface area contributed by atoms with E-state index >= 15 is 0 Å². The van der Waals surface area contributed by atoms with Crippen molar-refractivity contribution in [3.05, 3.63) is 53.3 Å². The van der Waals surface area contributed by atoms with Crippen LogP contribution in [0.1, 0.15) is 42.9 Å². The van der Waals surface area contributed by atoms with Gasteiger partial charge >= 0.3 is 5.96 Å². The lowest BCUT2D eigenvalue weighted by molar-refractivity contribution is -0.409. The Morgan fingerprint density at radius 3 is 2.90 bits per heavy atom. The monoisotopic (exact) mass is 393 g/mol. The minimum atomic E-state index is -0.947. The first-order valence-electron chi connectivity index (χ1n) is 9.49. The summed E-state index contributed by atoms with van der Waals surface area (Å²) >= 11 is 0. The highest BCUT2D eigenvalue weighted by Gasteiger charge is 2.43. The highest BCUT2D eigenvalue weighted by Crippen LogP contribution is 2.48. The van der Waals surface area contributed by atoms with Crippen LogP contribution in [0.3, 0.4) is 0 Å². The molecule has 4 rings (SSSR count). The van der Waals surface area contributed by atoms with Gasteiger partial charge < -0.3 is 15.6 Å². The predicted molar refractivity (Wildman–Crippen MR) is 111 cm³/mol. The van der Waals surface area contributed by atoms with E-state index in [0.717, 1.165) is 23.1 Å². The van der Waals surface area contributed by atoms with Crippen molar-refractivity contribution >= 4 is 23.3 Å². The maximum atomic E-state index is 10.2. The third-order valence-electron chi connectivity index (χ3n) is 5.30. The van der Waals surface area contributed by atoms with Gasteiger partial charge in [0.1, 0.15) is 17.3 Å². The molecule has 8 nitrogen and oxygen atoms in total. The molecule has 1 aromatic carbocycles. The molecule has 2 aromatic rings. The number of nitrogens with zero attached hydrogens (tertiary/aromatic N) is 3. The number of para-hydroxylation sites is 1. The van der Waals surface area contributed by atoms with Crippen molar-refractivity contribution in [3.8, 4) is 5.75 Å². The van der Waals surface area contributed by atoms with E-state index in [1.54, 1.807) is 38.7 Å². The number of benzene rings is 1. The number of rotatable bonds is 4. The predicted octanol–water partition coefficient (Wildman–Crippen LogP) is 1.37. The van der Waals surface area contributed by atoms with E-state index < -0.39 is 5.60 Å². The number of nitrogens with one attached hydrogen (secondary N) is 1. The summed E-state index contributed by atoms with van der Waals surface area (Å²) in [5.74, 6) is 2.08. The lowest BCUT2D eigenvalue weighted by Crippen LogP contribution is -2.95. The molecule has 1 aromatic heterocycles. The zero-order chi connectivity index (χ0) is 20.8. The fourth-order valence-corrected chi connectivity index (χ4v) is 3.55. The van der Waals surface area contributed by atoms with Gasteiger partial charge in [0, 0.05) is 23.9 Å². The van der Waals surface area contributed by atoms with Crippen molar-refractivity contribution in [2.24, 2.45) is 21.6 Å². The second-order valence-electron chi connectivity index (χ2n) is 7.93. The average Bonchev–Trinajstić information content (AvgIpc) is 3.48. The van der Waals surface area contributed by atoms with Crippen LogP contribution < -0.4 is 15.8 Å². The van der Waals surface area contributed by atoms with Crippen LogP contribution >= 0.6 is 0 Å². The van der Waals surface area contributed by atoms with Crippen LogP contribution in [-0.4, -0.2) is 34.8 Å². The van der Waals surface area contributed by atoms with Crippen LogP contribution in [-0.2, 0) is 5.60 Å². The van der Waals surface area contributed by atoms with Crippen LogP contribution in [0.5, 0.6) is 5.75 Å². The van der Waals surface area contributed by atoms with Gasteiger partial charge in [-0.2, -0.15) is 9.98 Å². The number of methoxy groups -OCH3 is 1. The number of aromatic nitrogens is 1. The number of quaternary nitrogens is 1. The Hall–Kier alpha value is -3.10. The molecule has 6 N–H and O–H groups in total. The second kappa shape index (κ2) is 7.06. The minimum absolute atomic E-state index is 0.0175. The summed E-state index contributed by atoms with van der Waals surface area (Å²) in [4.78, 5) is 13.2. The Morgan fingerprint density at radius 2 is 2.17 bits per heavy atom. The number of fused-ring (bicyclic) bond motifs is 1. The zero-order valence-electron chi connectivity index (χ0n) is 16.7. The van der Waals surface area contributed by atoms with Gasteiger partial charge in [-0.15, -0.1) is 0 Å². The summed E-state index contributed by atoms with van der Waals surface area (Å²) < 4.78 is 5.37. The molecular formula is C21H25N6O2+. The third kappa shape index (κ3) is 3.76. The van der Waals surface area contributed by atoms with Gasteiger partial charge in [0.2, 0.25) is 5.84 Å². The summed E-state index contributed by atoms with van der Waals surface area (Å²) in [5.41, 5.74) is 8.24. The minimum Gasteiger partial charge on any atom is -0.494 e. The molecule has 2 heterocycles. The SMILES string of the molecule is COc1cccc2c1N=C(N)[NH2+]C2=NC(=N)C1CC1c1cncc(C(C)(C)O)c1. The number of amidine groups is 2. The molecule has 0 bridgehead atoms. The summed E-state index contributed by atoms with van der Waals surface area (Å²) in [6.45, 7) is 3.48. The molecule has 2 atom stereocenters. The quantitative estimate of drug-likeness (QED) is 0.461. The van der Waals surface area contributed by atoms with Crippen molar-refractivity contribution in [2.45, 2.75) is 31.8 Å². The molecule has 0 spiro atoms. The van der Waals surface area contributed by atoms with E-state index in [1.165, 1.54) is 0 Å². The average molecular weight is 393 g/mol. The molecule has 1 saturated carbocycles. The van der Waals surface area contributed by atoms with Gasteiger partial charge in [-0.3, -0.25) is 10.4 Å². The Morgan fingerprint density at radius 1 is 1.38 bits per heavy atom. The van der Waals surface area contributed by atoms with Crippen molar-refractivity contribution in [1.82, 2.24) is 4.98 Å². The summed E-state index contributed by atoms with van der Waals surface area (Å²) in [6.07, 6.45) is 4.31. The molecule has 1 aliphatic carbocycles. The number of aliphatic hydroxyl groups is 1. The molecule has 0 amide bonds. The Balaban J connectivity index is 1.57. The van der Waals surface area contributed by atoms with Gasteiger partial charge in [0.05, 0.1) is 18.3 Å². The lowest BCUT2D eigenvalue weighted by Gasteiger charge is -2.18. The van der Waals surface area contributed by atoms with E-state index in [-0.39, 0.29) is 11.8 Å². The first-order valence-corrected chi connectivity index (χ1v) is 9.49. The number of guanidine groups is 1. The standard InChI is InChI=1S/C21H24N6O2/c1-21(2,28)12-7-11(9-24-10-12)14-8-15(14)18(22)26-19-13-5-4-6-16(29-3)17(13)25-20(23)27-19/h4-7,9-10,14-15,28H,8H2,1-3H3,(H4,22,23,25,26,27)/p+1. The number of aliphatic imine (C=N–C) groups is 2. The van der Waals surface area contributed by atoms with Gasteiger partial charge in [0.15, 0.2) is 0 Å². The normalized spacial score (nSPS) is 22.1. The Labute approximate surface area is 169 Å². The molecule has 150 valence electrons. The number of ether oxygens (including phenoxy) is 1. The van der Waals surface area contributed by atoms with E-state index in [1.807, 2.05) is 24.3 Å². The lowest BCUT2D eigenvalue weighted by atomic mass is 9.97. The number of hydrogen-bond donors (Lipinski definition) is 4. The van der Waals surface area contributed by atoms with Gasteiger partial charge in [-0.25, -0.2) is 5.32 Å². The van der Waals surface area contributed by atoms with Crippen molar-refractivity contribution < 1.29 is 15.2 Å². The van der Waals surface area contributed by atoms with E-state index in [9.17, 15) is 5.11 Å². The fourth-order valence-electron chi connectivity index (χ4n) is 3.55. The maximum Gasteiger partial charge on any atom is 0.303 e. The number of pyridine rings is 1. The van der Waals surface area contributed by atoms with Crippen LogP contribution in [0.4, 0.5) is 5.69 Å². The zero-order valence-corrected chi connectivity index (χ0v) is 16.7. The molecule has 0 saturated heterocycles. The summed E-state index contributed by atoms with van der Waals surface area (Å²) in [7, 11) is 1.59.